The zero-order chi connectivity index (χ0) is 15.7. The van der Waals surface area contributed by atoms with Crippen LogP contribution in [0.3, 0.4) is 0 Å². The molecule has 0 unspecified atom stereocenters. The van der Waals surface area contributed by atoms with Crippen molar-refractivity contribution < 1.29 is 4.74 Å². The maximum atomic E-state index is 5.54. The second-order valence-corrected chi connectivity index (χ2v) is 5.75. The molecular weight excluding hydrogens is 262 g/mol. The van der Waals surface area contributed by atoms with Crippen molar-refractivity contribution in [2.75, 3.05) is 26.8 Å². The molecule has 4 heteroatoms. The van der Waals surface area contributed by atoms with E-state index in [-0.39, 0.29) is 0 Å². The summed E-state index contributed by atoms with van der Waals surface area (Å²) in [7, 11) is 1.78. The largest absolute Gasteiger partial charge is 0.379 e. The summed E-state index contributed by atoms with van der Waals surface area (Å²) >= 11 is 0. The second kappa shape index (κ2) is 9.40. The molecule has 0 aliphatic heterocycles. The Bertz CT molecular complexity index is 455. The van der Waals surface area contributed by atoms with Gasteiger partial charge in [-0.2, -0.15) is 0 Å². The quantitative estimate of drug-likeness (QED) is 0.461. The van der Waals surface area contributed by atoms with Crippen LogP contribution in [-0.2, 0) is 11.3 Å². The molecule has 1 aromatic rings. The summed E-state index contributed by atoms with van der Waals surface area (Å²) in [5.41, 5.74) is 3.89. The molecule has 0 amide bonds. The van der Waals surface area contributed by atoms with Crippen molar-refractivity contribution in [3.05, 3.63) is 34.9 Å². The van der Waals surface area contributed by atoms with Crippen LogP contribution in [0.5, 0.6) is 0 Å². The third-order valence-corrected chi connectivity index (χ3v) is 3.16. The Morgan fingerprint density at radius 2 is 2.00 bits per heavy atom. The summed E-state index contributed by atoms with van der Waals surface area (Å²) < 4.78 is 5.54. The molecule has 1 aromatic carbocycles. The number of ether oxygens (including phenoxy) is 1. The fourth-order valence-corrected chi connectivity index (χ4v) is 2.00. The highest BCUT2D eigenvalue weighted by Gasteiger charge is 2.01. The van der Waals surface area contributed by atoms with Crippen molar-refractivity contribution in [3.63, 3.8) is 0 Å². The molecule has 0 saturated heterocycles. The van der Waals surface area contributed by atoms with Crippen LogP contribution < -0.4 is 10.6 Å². The first-order valence-corrected chi connectivity index (χ1v) is 7.61. The first kappa shape index (κ1) is 17.5. The number of hydrogen-bond donors (Lipinski definition) is 2. The van der Waals surface area contributed by atoms with E-state index in [0.717, 1.165) is 25.7 Å². The smallest absolute Gasteiger partial charge is 0.191 e. The minimum Gasteiger partial charge on any atom is -0.379 e. The van der Waals surface area contributed by atoms with Gasteiger partial charge < -0.3 is 15.4 Å². The number of nitrogens with zero attached hydrogens (tertiary/aromatic N) is 1. The minimum atomic E-state index is 0.576. The van der Waals surface area contributed by atoms with Gasteiger partial charge in [-0.3, -0.25) is 4.99 Å². The molecule has 118 valence electrons. The van der Waals surface area contributed by atoms with Crippen LogP contribution in [0.2, 0.25) is 0 Å². The van der Waals surface area contributed by atoms with E-state index in [2.05, 4.69) is 61.5 Å². The van der Waals surface area contributed by atoms with Gasteiger partial charge in [-0.15, -0.1) is 0 Å². The fourth-order valence-electron chi connectivity index (χ4n) is 2.00. The van der Waals surface area contributed by atoms with Gasteiger partial charge in [-0.05, 0) is 30.9 Å². The van der Waals surface area contributed by atoms with Gasteiger partial charge in [0.05, 0.1) is 6.61 Å². The zero-order valence-corrected chi connectivity index (χ0v) is 14.0. The van der Waals surface area contributed by atoms with Crippen LogP contribution in [0.4, 0.5) is 0 Å². The van der Waals surface area contributed by atoms with E-state index >= 15 is 0 Å². The number of rotatable bonds is 7. The highest BCUT2D eigenvalue weighted by Crippen LogP contribution is 2.09. The van der Waals surface area contributed by atoms with Gasteiger partial charge in [0, 0.05) is 26.7 Å². The molecule has 0 fully saturated rings. The lowest BCUT2D eigenvalue weighted by atomic mass is 10.1. The van der Waals surface area contributed by atoms with E-state index in [1.165, 1.54) is 16.7 Å². The van der Waals surface area contributed by atoms with Crippen LogP contribution in [0.15, 0.2) is 23.2 Å². The van der Waals surface area contributed by atoms with E-state index in [1.807, 2.05) is 0 Å². The van der Waals surface area contributed by atoms with Crippen LogP contribution in [0.25, 0.3) is 0 Å². The Morgan fingerprint density at radius 3 is 2.62 bits per heavy atom. The topological polar surface area (TPSA) is 45.7 Å². The van der Waals surface area contributed by atoms with E-state index in [1.54, 1.807) is 7.05 Å². The van der Waals surface area contributed by atoms with Crippen molar-refractivity contribution in [2.45, 2.75) is 34.2 Å². The molecular formula is C17H29N3O. The summed E-state index contributed by atoms with van der Waals surface area (Å²) in [5, 5.41) is 6.59. The maximum absolute atomic E-state index is 5.54. The predicted molar refractivity (Wildman–Crippen MR) is 89.8 cm³/mol. The number of guanidine groups is 1. The summed E-state index contributed by atoms with van der Waals surface area (Å²) in [4.78, 5) is 4.22. The monoisotopic (exact) mass is 291 g/mol. The summed E-state index contributed by atoms with van der Waals surface area (Å²) in [6, 6.07) is 6.50. The molecule has 0 aromatic heterocycles. The van der Waals surface area contributed by atoms with Crippen molar-refractivity contribution in [1.82, 2.24) is 10.6 Å². The van der Waals surface area contributed by atoms with E-state index in [4.69, 9.17) is 4.74 Å². The summed E-state index contributed by atoms with van der Waals surface area (Å²) in [6.07, 6.45) is 0. The summed E-state index contributed by atoms with van der Waals surface area (Å²) in [6.45, 7) is 11.6. The van der Waals surface area contributed by atoms with Gasteiger partial charge in [-0.1, -0.05) is 37.6 Å². The molecule has 21 heavy (non-hydrogen) atoms. The lowest BCUT2D eigenvalue weighted by molar-refractivity contribution is 0.114. The molecule has 4 nitrogen and oxygen atoms in total. The highest BCUT2D eigenvalue weighted by atomic mass is 16.5. The van der Waals surface area contributed by atoms with Crippen LogP contribution in [0.1, 0.15) is 30.5 Å². The van der Waals surface area contributed by atoms with Crippen molar-refractivity contribution in [3.8, 4) is 0 Å². The molecule has 2 N–H and O–H groups in total. The Balaban J connectivity index is 2.31. The number of nitrogens with one attached hydrogen (secondary N) is 2. The third kappa shape index (κ3) is 7.14. The van der Waals surface area contributed by atoms with Gasteiger partial charge in [0.1, 0.15) is 0 Å². The molecule has 0 atom stereocenters. The Kier molecular flexibility index (Phi) is 7.83. The Labute approximate surface area is 129 Å². The molecule has 0 aliphatic rings. The first-order valence-electron chi connectivity index (χ1n) is 7.61. The fraction of sp³-hybridized carbons (Fsp3) is 0.588. The van der Waals surface area contributed by atoms with Gasteiger partial charge >= 0.3 is 0 Å². The average Bonchev–Trinajstić information content (AvgIpc) is 2.43. The minimum absolute atomic E-state index is 0.576. The molecule has 0 bridgehead atoms. The van der Waals surface area contributed by atoms with Gasteiger partial charge in [0.25, 0.3) is 0 Å². The molecule has 0 radical (unpaired) electrons. The Morgan fingerprint density at radius 1 is 1.24 bits per heavy atom. The first-order chi connectivity index (χ1) is 10.0. The zero-order valence-electron chi connectivity index (χ0n) is 14.0. The summed E-state index contributed by atoms with van der Waals surface area (Å²) in [5.74, 6) is 1.38. The second-order valence-electron chi connectivity index (χ2n) is 5.75. The maximum Gasteiger partial charge on any atom is 0.191 e. The van der Waals surface area contributed by atoms with E-state index in [0.29, 0.717) is 12.5 Å². The van der Waals surface area contributed by atoms with Crippen LogP contribution >= 0.6 is 0 Å². The molecule has 1 rings (SSSR count). The van der Waals surface area contributed by atoms with E-state index < -0.39 is 0 Å². The van der Waals surface area contributed by atoms with Gasteiger partial charge in [-0.25, -0.2) is 0 Å². The van der Waals surface area contributed by atoms with Crippen molar-refractivity contribution in [2.24, 2.45) is 10.9 Å². The molecule has 0 heterocycles. The molecule has 0 saturated carbocycles. The Hall–Kier alpha value is -1.55. The van der Waals surface area contributed by atoms with Crippen molar-refractivity contribution >= 4 is 5.96 Å². The van der Waals surface area contributed by atoms with Crippen LogP contribution in [0, 0.1) is 19.8 Å². The average molecular weight is 291 g/mol. The van der Waals surface area contributed by atoms with Crippen LogP contribution in [-0.4, -0.2) is 32.8 Å². The third-order valence-electron chi connectivity index (χ3n) is 3.16. The standard InChI is InChI=1S/C17H29N3O/c1-13(2)12-21-9-8-19-17(18-5)20-11-16-7-6-14(3)10-15(16)4/h6-7,10,13H,8-9,11-12H2,1-5H3,(H2,18,19,20). The highest BCUT2D eigenvalue weighted by molar-refractivity contribution is 5.79. The van der Waals surface area contributed by atoms with E-state index in [9.17, 15) is 0 Å². The molecule has 0 spiro atoms. The number of aryl methyl sites for hydroxylation is 2. The lowest BCUT2D eigenvalue weighted by Gasteiger charge is -2.14. The van der Waals surface area contributed by atoms with Gasteiger partial charge in [0.15, 0.2) is 5.96 Å². The van der Waals surface area contributed by atoms with Gasteiger partial charge in [0.2, 0.25) is 0 Å². The SMILES string of the molecule is CN=C(NCCOCC(C)C)NCc1ccc(C)cc1C. The number of benzene rings is 1. The van der Waals surface area contributed by atoms with Crippen molar-refractivity contribution in [1.29, 1.82) is 0 Å². The predicted octanol–water partition coefficient (Wildman–Crippen LogP) is 2.64. The lowest BCUT2D eigenvalue weighted by Crippen LogP contribution is -2.38. The number of aliphatic imine (C=N–C) groups is 1. The normalized spacial score (nSPS) is 11.8. The molecule has 0 aliphatic carbocycles. The number of hydrogen-bond acceptors (Lipinski definition) is 2.